The van der Waals surface area contributed by atoms with Crippen LogP contribution >= 0.6 is 0 Å². The molecule has 0 aromatic carbocycles. The van der Waals surface area contributed by atoms with Gasteiger partial charge in [0.2, 0.25) is 0 Å². The summed E-state index contributed by atoms with van der Waals surface area (Å²) in [4.78, 5) is 23.1. The number of hydrogen-bond acceptors (Lipinski definition) is 4. The van der Waals surface area contributed by atoms with Gasteiger partial charge >= 0.3 is 11.9 Å². The summed E-state index contributed by atoms with van der Waals surface area (Å²) in [7, 11) is 0. The van der Waals surface area contributed by atoms with Gasteiger partial charge in [0.15, 0.2) is 0 Å². The topological polar surface area (TPSA) is 52.6 Å². The maximum atomic E-state index is 11.7. The Hall–Kier alpha value is -1.58. The van der Waals surface area contributed by atoms with E-state index in [1.807, 2.05) is 13.0 Å². The lowest BCUT2D eigenvalue weighted by atomic mass is 9.66. The van der Waals surface area contributed by atoms with E-state index in [4.69, 9.17) is 9.47 Å². The lowest BCUT2D eigenvalue weighted by Crippen LogP contribution is -2.44. The van der Waals surface area contributed by atoms with Crippen LogP contribution in [0.3, 0.4) is 0 Å². The summed E-state index contributed by atoms with van der Waals surface area (Å²) < 4.78 is 10.8. The molecule has 0 N–H and O–H groups in total. The Bertz CT molecular complexity index is 464. The van der Waals surface area contributed by atoms with Crippen molar-refractivity contribution in [3.05, 3.63) is 24.3 Å². The van der Waals surface area contributed by atoms with Crippen molar-refractivity contribution in [3.63, 3.8) is 0 Å². The van der Waals surface area contributed by atoms with Crippen molar-refractivity contribution in [2.75, 3.05) is 0 Å². The average Bonchev–Trinajstić information content (AvgIpc) is 2.34. The van der Waals surface area contributed by atoms with Crippen molar-refractivity contribution in [1.29, 1.82) is 0 Å². The zero-order chi connectivity index (χ0) is 12.9. The maximum absolute atomic E-state index is 11.7. The van der Waals surface area contributed by atoms with E-state index in [2.05, 4.69) is 6.58 Å². The van der Waals surface area contributed by atoms with E-state index in [-0.39, 0.29) is 18.0 Å². The number of ether oxygens (including phenoxy) is 2. The van der Waals surface area contributed by atoms with Crippen molar-refractivity contribution >= 4 is 11.9 Å². The first-order valence-electron chi connectivity index (χ1n) is 6.28. The second-order valence-corrected chi connectivity index (χ2v) is 5.57. The fourth-order valence-corrected chi connectivity index (χ4v) is 3.33. The first-order chi connectivity index (χ1) is 8.50. The Morgan fingerprint density at radius 3 is 3.11 bits per heavy atom. The summed E-state index contributed by atoms with van der Waals surface area (Å²) in [5.74, 6) is -0.189. The molecule has 0 amide bonds. The van der Waals surface area contributed by atoms with E-state index < -0.39 is 11.6 Å². The summed E-state index contributed by atoms with van der Waals surface area (Å²) in [5.41, 5.74) is 0.550. The molecule has 1 aliphatic heterocycles. The molecule has 0 aromatic heterocycles. The Labute approximate surface area is 106 Å². The zero-order valence-corrected chi connectivity index (χ0v) is 10.3. The fourth-order valence-electron chi connectivity index (χ4n) is 3.33. The number of hydrogen-bond donors (Lipinski definition) is 0. The minimum Gasteiger partial charge on any atom is -0.462 e. The van der Waals surface area contributed by atoms with Gasteiger partial charge in [0.05, 0.1) is 5.92 Å². The van der Waals surface area contributed by atoms with Crippen molar-refractivity contribution < 1.29 is 19.1 Å². The lowest BCUT2D eigenvalue weighted by Gasteiger charge is -2.42. The molecule has 3 rings (SSSR count). The minimum atomic E-state index is -0.685. The molecule has 18 heavy (non-hydrogen) atoms. The summed E-state index contributed by atoms with van der Waals surface area (Å²) in [5, 5.41) is 0. The zero-order valence-electron chi connectivity index (χ0n) is 10.3. The van der Waals surface area contributed by atoms with Crippen molar-refractivity contribution in [3.8, 4) is 0 Å². The van der Waals surface area contributed by atoms with E-state index >= 15 is 0 Å². The van der Waals surface area contributed by atoms with Crippen LogP contribution in [0.1, 0.15) is 26.2 Å². The van der Waals surface area contributed by atoms with Crippen LogP contribution in [0.2, 0.25) is 0 Å². The number of allylic oxidation sites excluding steroid dienone is 1. The predicted molar refractivity (Wildman–Crippen MR) is 63.5 cm³/mol. The number of rotatable bonds is 2. The highest BCUT2D eigenvalue weighted by molar-refractivity contribution is 5.82. The summed E-state index contributed by atoms with van der Waals surface area (Å²) in [6.07, 6.45) is 5.18. The number of carbonyl (C=O) groups is 2. The van der Waals surface area contributed by atoms with Crippen molar-refractivity contribution in [1.82, 2.24) is 0 Å². The van der Waals surface area contributed by atoms with Crippen LogP contribution in [0.25, 0.3) is 0 Å². The average molecular weight is 248 g/mol. The van der Waals surface area contributed by atoms with Gasteiger partial charge in [0.25, 0.3) is 0 Å². The standard InChI is InChI=1S/C14H16O4/c1-3-12(15)18-14(2)6-8-4-11-10(8)5-9(7-14)17-13(11)16/h3,6,9-11H,1,4-5,7H2,2H3. The lowest BCUT2D eigenvalue weighted by molar-refractivity contribution is -0.170. The molecule has 2 bridgehead atoms. The summed E-state index contributed by atoms with van der Waals surface area (Å²) in [6, 6.07) is 0. The SMILES string of the molecule is C=CC(=O)OC1(C)C=C2CC3C(=O)OC(CC23)C1. The van der Waals surface area contributed by atoms with Gasteiger partial charge in [-0.25, -0.2) is 4.79 Å². The molecule has 1 saturated heterocycles. The van der Waals surface area contributed by atoms with Gasteiger partial charge in [-0.05, 0) is 31.8 Å². The van der Waals surface area contributed by atoms with Crippen molar-refractivity contribution in [2.45, 2.75) is 37.9 Å². The van der Waals surface area contributed by atoms with Crippen LogP contribution < -0.4 is 0 Å². The molecule has 2 aliphatic carbocycles. The molecule has 4 nitrogen and oxygen atoms in total. The largest absolute Gasteiger partial charge is 0.462 e. The van der Waals surface area contributed by atoms with Crippen LogP contribution in [-0.2, 0) is 19.1 Å². The molecular weight excluding hydrogens is 232 g/mol. The van der Waals surface area contributed by atoms with Crippen LogP contribution in [-0.4, -0.2) is 23.6 Å². The first kappa shape index (κ1) is 11.5. The number of esters is 2. The monoisotopic (exact) mass is 248 g/mol. The number of fused-ring (bicyclic) bond motifs is 1. The van der Waals surface area contributed by atoms with Gasteiger partial charge in [0, 0.05) is 12.5 Å². The predicted octanol–water partition coefficient (Wildman–Crippen LogP) is 1.76. The van der Waals surface area contributed by atoms with E-state index in [9.17, 15) is 9.59 Å². The molecule has 0 radical (unpaired) electrons. The first-order valence-corrected chi connectivity index (χ1v) is 6.28. The van der Waals surface area contributed by atoms with Gasteiger partial charge in [-0.3, -0.25) is 4.79 Å². The van der Waals surface area contributed by atoms with Crippen LogP contribution in [0.15, 0.2) is 24.3 Å². The molecule has 96 valence electrons. The molecule has 1 heterocycles. The quantitative estimate of drug-likeness (QED) is 0.424. The Kier molecular flexibility index (Phi) is 2.37. The van der Waals surface area contributed by atoms with Crippen molar-refractivity contribution in [2.24, 2.45) is 11.8 Å². The third-order valence-corrected chi connectivity index (χ3v) is 4.14. The van der Waals surface area contributed by atoms with Gasteiger partial charge in [-0.2, -0.15) is 0 Å². The third-order valence-electron chi connectivity index (χ3n) is 4.14. The third kappa shape index (κ3) is 1.67. The van der Waals surface area contributed by atoms with Gasteiger partial charge in [-0.15, -0.1) is 0 Å². The minimum absolute atomic E-state index is 0.0324. The smallest absolute Gasteiger partial charge is 0.331 e. The summed E-state index contributed by atoms with van der Waals surface area (Å²) >= 11 is 0. The highest BCUT2D eigenvalue weighted by Gasteiger charge is 2.52. The van der Waals surface area contributed by atoms with Crippen LogP contribution in [0.5, 0.6) is 0 Å². The molecule has 0 aromatic rings. The van der Waals surface area contributed by atoms with Crippen LogP contribution in [0.4, 0.5) is 0 Å². The van der Waals surface area contributed by atoms with E-state index in [1.165, 1.54) is 5.57 Å². The molecule has 2 fully saturated rings. The van der Waals surface area contributed by atoms with E-state index in [1.54, 1.807) is 0 Å². The Morgan fingerprint density at radius 1 is 1.61 bits per heavy atom. The van der Waals surface area contributed by atoms with Gasteiger partial charge < -0.3 is 9.47 Å². The van der Waals surface area contributed by atoms with Crippen LogP contribution in [0, 0.1) is 11.8 Å². The summed E-state index contributed by atoms with van der Waals surface area (Å²) in [6.45, 7) is 5.27. The molecule has 3 aliphatic rings. The molecule has 4 unspecified atom stereocenters. The fraction of sp³-hybridized carbons (Fsp3) is 0.571. The van der Waals surface area contributed by atoms with E-state index in [0.29, 0.717) is 12.3 Å². The normalized spacial score (nSPS) is 40.8. The molecule has 4 atom stereocenters. The molecule has 4 heteroatoms. The molecule has 0 spiro atoms. The number of carbonyl (C=O) groups excluding carboxylic acids is 2. The highest BCUT2D eigenvalue weighted by Crippen LogP contribution is 2.51. The van der Waals surface area contributed by atoms with Gasteiger partial charge in [0.1, 0.15) is 11.7 Å². The molecular formula is C14H16O4. The Balaban J connectivity index is 1.88. The maximum Gasteiger partial charge on any atom is 0.331 e. The van der Waals surface area contributed by atoms with Gasteiger partial charge in [-0.1, -0.05) is 12.2 Å². The molecule has 1 saturated carbocycles. The van der Waals surface area contributed by atoms with E-state index in [0.717, 1.165) is 18.9 Å². The highest BCUT2D eigenvalue weighted by atomic mass is 16.6. The Morgan fingerprint density at radius 2 is 2.39 bits per heavy atom. The second kappa shape index (κ2) is 3.70. The second-order valence-electron chi connectivity index (χ2n) is 5.57.